The molecule has 1 saturated heterocycles. The Balaban J connectivity index is 1.26. The second-order valence-electron chi connectivity index (χ2n) is 7.43. The predicted molar refractivity (Wildman–Crippen MR) is 95.3 cm³/mol. The lowest BCUT2D eigenvalue weighted by atomic mass is 9.96. The van der Waals surface area contributed by atoms with Crippen molar-refractivity contribution in [1.82, 2.24) is 25.2 Å². The van der Waals surface area contributed by atoms with Crippen LogP contribution in [0.4, 0.5) is 0 Å². The summed E-state index contributed by atoms with van der Waals surface area (Å²) in [5.74, 6) is 2.50. The Kier molecular flexibility index (Phi) is 3.72. The monoisotopic (exact) mass is 351 g/mol. The van der Waals surface area contributed by atoms with Crippen LogP contribution in [0.15, 0.2) is 28.9 Å². The molecule has 2 aromatic heterocycles. The second-order valence-corrected chi connectivity index (χ2v) is 7.43. The van der Waals surface area contributed by atoms with Crippen LogP contribution in [0.2, 0.25) is 0 Å². The fraction of sp³-hybridized carbons (Fsp3) is 0.474. The van der Waals surface area contributed by atoms with Crippen molar-refractivity contribution in [3.63, 3.8) is 0 Å². The third kappa shape index (κ3) is 2.98. The molecule has 1 amide bonds. The van der Waals surface area contributed by atoms with Gasteiger partial charge in [-0.15, -0.1) is 0 Å². The highest BCUT2D eigenvalue weighted by Crippen LogP contribution is 2.34. The summed E-state index contributed by atoms with van der Waals surface area (Å²) >= 11 is 0. The smallest absolute Gasteiger partial charge is 0.258 e. The maximum atomic E-state index is 12.2. The minimum Gasteiger partial charge on any atom is -0.343 e. The molecule has 0 spiro atoms. The van der Waals surface area contributed by atoms with Gasteiger partial charge in [0.15, 0.2) is 5.82 Å². The summed E-state index contributed by atoms with van der Waals surface area (Å²) in [7, 11) is 0. The highest BCUT2D eigenvalue weighted by molar-refractivity contribution is 5.82. The third-order valence-corrected chi connectivity index (χ3v) is 5.50. The van der Waals surface area contributed by atoms with Crippen molar-refractivity contribution in [2.75, 3.05) is 13.1 Å². The Labute approximate surface area is 150 Å². The minimum absolute atomic E-state index is 0.258. The molecule has 3 aromatic rings. The predicted octanol–water partition coefficient (Wildman–Crippen LogP) is 3.12. The summed E-state index contributed by atoms with van der Waals surface area (Å²) in [6, 6.07) is 5.93. The molecule has 3 heterocycles. The Morgan fingerprint density at radius 3 is 2.88 bits per heavy atom. The molecule has 0 unspecified atom stereocenters. The normalized spacial score (nSPS) is 18.5. The van der Waals surface area contributed by atoms with Crippen LogP contribution in [0.25, 0.3) is 22.4 Å². The Hall–Kier alpha value is -2.70. The molecular formula is C19H21N5O2. The molecule has 1 aliphatic heterocycles. The summed E-state index contributed by atoms with van der Waals surface area (Å²) < 4.78 is 5.49. The number of carbonyl (C=O) groups excluding carboxylic acids is 1. The van der Waals surface area contributed by atoms with Gasteiger partial charge in [-0.3, -0.25) is 9.89 Å². The maximum absolute atomic E-state index is 12.2. The second kappa shape index (κ2) is 6.23. The van der Waals surface area contributed by atoms with Crippen LogP contribution in [0.5, 0.6) is 0 Å². The molecule has 0 radical (unpaired) electrons. The number of H-pyrrole nitrogens is 1. The molecular weight excluding hydrogens is 330 g/mol. The van der Waals surface area contributed by atoms with E-state index in [0.29, 0.717) is 17.7 Å². The first-order valence-electron chi connectivity index (χ1n) is 9.31. The number of rotatable bonds is 4. The SMILES string of the molecule is O=C(CC1CC1)N1CCC(c2noc(-c3ccc4cn[nH]c4c3)n2)CC1. The first-order chi connectivity index (χ1) is 12.8. The van der Waals surface area contributed by atoms with E-state index in [1.165, 1.54) is 12.8 Å². The van der Waals surface area contributed by atoms with Gasteiger partial charge in [0.05, 0.1) is 11.7 Å². The summed E-state index contributed by atoms with van der Waals surface area (Å²) in [6.07, 6.45) is 6.75. The van der Waals surface area contributed by atoms with Gasteiger partial charge < -0.3 is 9.42 Å². The molecule has 1 aromatic carbocycles. The maximum Gasteiger partial charge on any atom is 0.258 e. The van der Waals surface area contributed by atoms with Crippen molar-refractivity contribution in [3.05, 3.63) is 30.2 Å². The average molecular weight is 351 g/mol. The van der Waals surface area contributed by atoms with Gasteiger partial charge in [0.25, 0.3) is 5.89 Å². The number of piperidine rings is 1. The first kappa shape index (κ1) is 15.5. The Bertz CT molecular complexity index is 934. The molecule has 7 heteroatoms. The van der Waals surface area contributed by atoms with E-state index in [0.717, 1.165) is 54.6 Å². The van der Waals surface area contributed by atoms with Crippen molar-refractivity contribution in [2.24, 2.45) is 5.92 Å². The molecule has 2 aliphatic rings. The van der Waals surface area contributed by atoms with Crippen LogP contribution >= 0.6 is 0 Å². The van der Waals surface area contributed by atoms with Crippen molar-refractivity contribution in [1.29, 1.82) is 0 Å². The van der Waals surface area contributed by atoms with Gasteiger partial charge in [-0.25, -0.2) is 0 Å². The number of amides is 1. The number of likely N-dealkylation sites (tertiary alicyclic amines) is 1. The van der Waals surface area contributed by atoms with Gasteiger partial charge in [-0.05, 0) is 43.7 Å². The number of nitrogens with one attached hydrogen (secondary N) is 1. The van der Waals surface area contributed by atoms with E-state index >= 15 is 0 Å². The van der Waals surface area contributed by atoms with E-state index in [9.17, 15) is 4.79 Å². The van der Waals surface area contributed by atoms with Crippen LogP contribution < -0.4 is 0 Å². The van der Waals surface area contributed by atoms with E-state index in [4.69, 9.17) is 4.52 Å². The molecule has 1 saturated carbocycles. The molecule has 26 heavy (non-hydrogen) atoms. The van der Waals surface area contributed by atoms with E-state index < -0.39 is 0 Å². The minimum atomic E-state index is 0.258. The lowest BCUT2D eigenvalue weighted by Crippen LogP contribution is -2.38. The fourth-order valence-corrected chi connectivity index (χ4v) is 3.67. The van der Waals surface area contributed by atoms with Gasteiger partial charge >= 0.3 is 0 Å². The Morgan fingerprint density at radius 2 is 2.08 bits per heavy atom. The number of aromatic nitrogens is 4. The molecule has 0 atom stereocenters. The van der Waals surface area contributed by atoms with Crippen molar-refractivity contribution < 1.29 is 9.32 Å². The Morgan fingerprint density at radius 1 is 1.23 bits per heavy atom. The van der Waals surface area contributed by atoms with Gasteiger partial charge in [0.2, 0.25) is 5.91 Å². The first-order valence-corrected chi connectivity index (χ1v) is 9.31. The molecule has 2 fully saturated rings. The van der Waals surface area contributed by atoms with Crippen molar-refractivity contribution in [3.8, 4) is 11.5 Å². The number of aromatic amines is 1. The van der Waals surface area contributed by atoms with E-state index in [-0.39, 0.29) is 5.92 Å². The molecule has 134 valence electrons. The third-order valence-electron chi connectivity index (χ3n) is 5.50. The zero-order chi connectivity index (χ0) is 17.5. The topological polar surface area (TPSA) is 87.9 Å². The summed E-state index contributed by atoms with van der Waals surface area (Å²) in [5, 5.41) is 12.2. The molecule has 0 bridgehead atoms. The van der Waals surface area contributed by atoms with E-state index in [1.54, 1.807) is 6.20 Å². The largest absolute Gasteiger partial charge is 0.343 e. The van der Waals surface area contributed by atoms with Crippen molar-refractivity contribution in [2.45, 2.75) is 38.0 Å². The highest BCUT2D eigenvalue weighted by Gasteiger charge is 2.30. The summed E-state index contributed by atoms with van der Waals surface area (Å²) in [5.41, 5.74) is 1.84. The van der Waals surface area contributed by atoms with Gasteiger partial charge in [-0.1, -0.05) is 11.2 Å². The van der Waals surface area contributed by atoms with Crippen LogP contribution in [0.1, 0.15) is 43.8 Å². The van der Waals surface area contributed by atoms with Crippen LogP contribution in [0, 0.1) is 5.92 Å². The standard InChI is InChI=1S/C19H21N5O2/c25-17(9-12-1-2-12)24-7-5-13(6-8-24)18-21-19(26-23-18)14-3-4-15-11-20-22-16(15)10-14/h3-4,10-13H,1-2,5-9H2,(H,20,22). The summed E-state index contributed by atoms with van der Waals surface area (Å²) in [4.78, 5) is 18.8. The number of fused-ring (bicyclic) bond motifs is 1. The molecule has 5 rings (SSSR count). The highest BCUT2D eigenvalue weighted by atomic mass is 16.5. The lowest BCUT2D eigenvalue weighted by molar-refractivity contribution is -0.132. The fourth-order valence-electron chi connectivity index (χ4n) is 3.67. The number of carbonyl (C=O) groups is 1. The van der Waals surface area contributed by atoms with Gasteiger partial charge in [0.1, 0.15) is 0 Å². The average Bonchev–Trinajstić information content (AvgIpc) is 3.17. The van der Waals surface area contributed by atoms with E-state index in [1.807, 2.05) is 23.1 Å². The summed E-state index contributed by atoms with van der Waals surface area (Å²) in [6.45, 7) is 1.58. The van der Waals surface area contributed by atoms with Gasteiger partial charge in [-0.2, -0.15) is 10.1 Å². The zero-order valence-corrected chi connectivity index (χ0v) is 14.5. The number of hydrogen-bond acceptors (Lipinski definition) is 5. The number of benzene rings is 1. The molecule has 1 aliphatic carbocycles. The van der Waals surface area contributed by atoms with Crippen molar-refractivity contribution >= 4 is 16.8 Å². The molecule has 1 N–H and O–H groups in total. The van der Waals surface area contributed by atoms with E-state index in [2.05, 4.69) is 20.3 Å². The molecule has 7 nitrogen and oxygen atoms in total. The van der Waals surface area contributed by atoms with Crippen LogP contribution in [-0.4, -0.2) is 44.2 Å². The quantitative estimate of drug-likeness (QED) is 0.780. The zero-order valence-electron chi connectivity index (χ0n) is 14.5. The van der Waals surface area contributed by atoms with Gasteiger partial charge in [0, 0.05) is 36.4 Å². The lowest BCUT2D eigenvalue weighted by Gasteiger charge is -2.30. The van der Waals surface area contributed by atoms with Crippen LogP contribution in [0.3, 0.4) is 0 Å². The van der Waals surface area contributed by atoms with Crippen LogP contribution in [-0.2, 0) is 4.79 Å². The number of hydrogen-bond donors (Lipinski definition) is 1. The number of nitrogens with zero attached hydrogens (tertiary/aromatic N) is 4.